The second-order valence-corrected chi connectivity index (χ2v) is 24.0. The summed E-state index contributed by atoms with van der Waals surface area (Å²) in [4.78, 5) is 38.0. The summed E-state index contributed by atoms with van der Waals surface area (Å²) in [6, 6.07) is 7.99. The van der Waals surface area contributed by atoms with Gasteiger partial charge in [-0.25, -0.2) is 24.5 Å². The number of urea groups is 2. The molecule has 4 rings (SSSR count). The van der Waals surface area contributed by atoms with Gasteiger partial charge in [0.2, 0.25) is 0 Å². The van der Waals surface area contributed by atoms with E-state index in [1.54, 1.807) is 23.0 Å². The number of ether oxygens (including phenoxy) is 1. The van der Waals surface area contributed by atoms with E-state index in [1.165, 1.54) is 6.33 Å². The first-order valence-electron chi connectivity index (χ1n) is 15.2. The Morgan fingerprint density at radius 1 is 0.911 bits per heavy atom. The molecule has 1 aromatic carbocycles. The average molecular weight is 657 g/mol. The molecule has 0 bridgehead atoms. The third-order valence-corrected chi connectivity index (χ3v) is 18.1. The van der Waals surface area contributed by atoms with E-state index in [0.29, 0.717) is 16.9 Å². The van der Waals surface area contributed by atoms with Crippen molar-refractivity contribution in [2.24, 2.45) is 5.73 Å². The van der Waals surface area contributed by atoms with E-state index in [2.05, 4.69) is 98.6 Å². The molecule has 4 amide bonds. The van der Waals surface area contributed by atoms with Crippen molar-refractivity contribution < 1.29 is 23.2 Å². The number of anilines is 2. The Morgan fingerprint density at radius 2 is 1.51 bits per heavy atom. The molecule has 2 aromatic heterocycles. The predicted octanol–water partition coefficient (Wildman–Crippen LogP) is 5.82. The number of hydrogen-bond acceptors (Lipinski definition) is 8. The Balaban J connectivity index is 1.75. The molecule has 3 heterocycles. The van der Waals surface area contributed by atoms with Gasteiger partial charge in [-0.3, -0.25) is 9.88 Å². The number of hydrogen-bond donors (Lipinski definition) is 4. The number of carbonyl (C=O) groups excluding carboxylic acids is 2. The first-order valence-corrected chi connectivity index (χ1v) is 21.0. The maximum atomic E-state index is 12.8. The van der Waals surface area contributed by atoms with Crippen LogP contribution in [0.2, 0.25) is 36.3 Å². The molecule has 0 spiro atoms. The third-order valence-electron chi connectivity index (χ3n) is 9.13. The van der Waals surface area contributed by atoms with Crippen LogP contribution < -0.4 is 21.7 Å². The summed E-state index contributed by atoms with van der Waals surface area (Å²) in [7, 11) is -4.74. The summed E-state index contributed by atoms with van der Waals surface area (Å²) in [6.07, 6.45) is 0.613. The third kappa shape index (κ3) is 7.72. The van der Waals surface area contributed by atoms with Crippen LogP contribution in [-0.2, 0) is 13.6 Å². The molecule has 0 saturated carbocycles. The molecule has 4 atom stereocenters. The quantitative estimate of drug-likeness (QED) is 0.209. The number of nitrogens with one attached hydrogen (secondary N) is 3. The monoisotopic (exact) mass is 656 g/mol. The van der Waals surface area contributed by atoms with Crippen LogP contribution in [0.1, 0.15) is 47.8 Å². The van der Waals surface area contributed by atoms with Gasteiger partial charge in [-0.05, 0) is 48.4 Å². The Kier molecular flexibility index (Phi) is 9.80. The highest BCUT2D eigenvalue weighted by atomic mass is 28.4. The highest BCUT2D eigenvalue weighted by Crippen LogP contribution is 2.46. The molecular weight excluding hydrogens is 609 g/mol. The smallest absolute Gasteiger partial charge is 0.324 e. The molecule has 246 valence electrons. The fourth-order valence-electron chi connectivity index (χ4n) is 4.52. The SMILES string of the molecule is CC(C)(C)[Si](C)(C)OC1[C@@H](CNC(N)=O)O[C@@H](n2cnc3c(NC(=O)Nc4ccccc4)ncnc32)[C@H]1O[Si](C)(C)C(C)(C)C. The van der Waals surface area contributed by atoms with Crippen LogP contribution in [0.15, 0.2) is 43.0 Å². The van der Waals surface area contributed by atoms with Crippen molar-refractivity contribution in [1.29, 1.82) is 0 Å². The molecule has 1 unspecified atom stereocenters. The van der Waals surface area contributed by atoms with Crippen molar-refractivity contribution in [3.8, 4) is 0 Å². The normalized spacial score (nSPS) is 21.1. The molecule has 1 fully saturated rings. The van der Waals surface area contributed by atoms with Gasteiger partial charge in [-0.15, -0.1) is 0 Å². The molecule has 13 nitrogen and oxygen atoms in total. The first-order chi connectivity index (χ1) is 20.8. The van der Waals surface area contributed by atoms with Crippen molar-refractivity contribution in [3.63, 3.8) is 0 Å². The summed E-state index contributed by atoms with van der Waals surface area (Å²) >= 11 is 0. The van der Waals surface area contributed by atoms with Crippen molar-refractivity contribution in [2.75, 3.05) is 17.2 Å². The lowest BCUT2D eigenvalue weighted by Crippen LogP contribution is -2.54. The number of nitrogens with two attached hydrogens (primary N) is 1. The number of para-hydroxylation sites is 1. The van der Waals surface area contributed by atoms with Crippen molar-refractivity contribution in [3.05, 3.63) is 43.0 Å². The lowest BCUT2D eigenvalue weighted by atomic mass is 10.1. The zero-order valence-electron chi connectivity index (χ0n) is 28.0. The number of nitrogens with zero attached hydrogens (tertiary/aromatic N) is 4. The summed E-state index contributed by atoms with van der Waals surface area (Å²) in [6.45, 7) is 21.9. The summed E-state index contributed by atoms with van der Waals surface area (Å²) in [5, 5.41) is 8.08. The van der Waals surface area contributed by atoms with Crippen LogP contribution in [-0.4, -0.2) is 73.1 Å². The summed E-state index contributed by atoms with van der Waals surface area (Å²) in [5.74, 6) is 0.244. The maximum absolute atomic E-state index is 12.8. The minimum absolute atomic E-state index is 0.0932. The zero-order chi connectivity index (χ0) is 33.4. The van der Waals surface area contributed by atoms with Gasteiger partial charge in [0.15, 0.2) is 39.8 Å². The predicted molar refractivity (Wildman–Crippen MR) is 180 cm³/mol. The number of aromatic nitrogens is 4. The fraction of sp³-hybridized carbons (Fsp3) is 0.567. The highest BCUT2D eigenvalue weighted by molar-refractivity contribution is 6.74. The number of benzene rings is 1. The molecule has 1 aliphatic heterocycles. The van der Waals surface area contributed by atoms with Crippen molar-refractivity contribution in [2.45, 2.75) is 102 Å². The molecule has 15 heteroatoms. The van der Waals surface area contributed by atoms with E-state index < -0.39 is 53.2 Å². The van der Waals surface area contributed by atoms with Crippen LogP contribution in [0, 0.1) is 0 Å². The molecule has 0 aliphatic carbocycles. The van der Waals surface area contributed by atoms with Gasteiger partial charge in [0, 0.05) is 12.2 Å². The Labute approximate surface area is 267 Å². The number of amides is 4. The maximum Gasteiger partial charge on any atom is 0.324 e. The van der Waals surface area contributed by atoms with Crippen LogP contribution in [0.5, 0.6) is 0 Å². The van der Waals surface area contributed by atoms with Gasteiger partial charge in [0.25, 0.3) is 0 Å². The van der Waals surface area contributed by atoms with Gasteiger partial charge in [-0.1, -0.05) is 59.7 Å². The number of carbonyl (C=O) groups is 2. The molecule has 5 N–H and O–H groups in total. The van der Waals surface area contributed by atoms with Gasteiger partial charge in [0.1, 0.15) is 24.6 Å². The fourth-order valence-corrected chi connectivity index (χ4v) is 7.12. The number of imidazole rings is 1. The lowest BCUT2D eigenvalue weighted by Gasteiger charge is -2.44. The van der Waals surface area contributed by atoms with E-state index in [-0.39, 0.29) is 22.4 Å². The lowest BCUT2D eigenvalue weighted by molar-refractivity contribution is -0.0301. The van der Waals surface area contributed by atoms with Crippen LogP contribution in [0.25, 0.3) is 11.2 Å². The zero-order valence-corrected chi connectivity index (χ0v) is 30.0. The Morgan fingerprint density at radius 3 is 2.09 bits per heavy atom. The van der Waals surface area contributed by atoms with Crippen LogP contribution in [0.3, 0.4) is 0 Å². The van der Waals surface area contributed by atoms with E-state index >= 15 is 0 Å². The average Bonchev–Trinajstić information content (AvgIpc) is 3.48. The summed E-state index contributed by atoms with van der Waals surface area (Å²) in [5.41, 5.74) is 6.95. The van der Waals surface area contributed by atoms with E-state index in [0.717, 1.165) is 0 Å². The number of primary amides is 1. The van der Waals surface area contributed by atoms with Crippen molar-refractivity contribution in [1.82, 2.24) is 24.8 Å². The molecule has 0 radical (unpaired) electrons. The van der Waals surface area contributed by atoms with Crippen LogP contribution in [0.4, 0.5) is 21.1 Å². The second-order valence-electron chi connectivity index (χ2n) is 14.5. The van der Waals surface area contributed by atoms with Gasteiger partial charge >= 0.3 is 12.1 Å². The standard InChI is InChI=1S/C30H48N8O5Si2/c1-29(2,3)44(7,8)42-22-20(16-32-27(31)39)41-26(23(22)43-45(9,10)30(4,5)6)38-18-35-21-24(33-17-34-25(21)38)37-28(40)36-19-14-12-11-13-15-19/h11-15,17-18,20,22-23,26H,16H2,1-10H3,(H3,31,32,39)(H2,33,34,36,37,40)/t20-,22?,23+,26-/m1/s1. The molecule has 1 aliphatic rings. The first kappa shape index (κ1) is 34.5. The minimum atomic E-state index is -2.39. The summed E-state index contributed by atoms with van der Waals surface area (Å²) < 4.78 is 22.6. The van der Waals surface area contributed by atoms with Crippen molar-refractivity contribution >= 4 is 51.4 Å². The molecule has 3 aromatic rings. The van der Waals surface area contributed by atoms with Gasteiger partial charge in [0.05, 0.1) is 6.33 Å². The topological polar surface area (TPSA) is 168 Å². The van der Waals surface area contributed by atoms with E-state index in [1.807, 2.05) is 18.2 Å². The molecule has 45 heavy (non-hydrogen) atoms. The molecular formula is C30H48N8O5Si2. The van der Waals surface area contributed by atoms with E-state index in [4.69, 9.17) is 19.3 Å². The number of fused-ring (bicyclic) bond motifs is 1. The van der Waals surface area contributed by atoms with Gasteiger partial charge < -0.3 is 30.0 Å². The van der Waals surface area contributed by atoms with Crippen LogP contribution >= 0.6 is 0 Å². The molecule has 1 saturated heterocycles. The largest absolute Gasteiger partial charge is 0.408 e. The Hall–Kier alpha value is -3.38. The number of rotatable bonds is 9. The van der Waals surface area contributed by atoms with Gasteiger partial charge in [-0.2, -0.15) is 0 Å². The second kappa shape index (κ2) is 12.8. The van der Waals surface area contributed by atoms with E-state index in [9.17, 15) is 9.59 Å². The minimum Gasteiger partial charge on any atom is -0.408 e. The Bertz CT molecular complexity index is 1500. The highest BCUT2D eigenvalue weighted by Gasteiger charge is 2.54.